The molecule has 1 saturated carbocycles. The van der Waals surface area contributed by atoms with Crippen LogP contribution in [0.15, 0.2) is 15.7 Å². The van der Waals surface area contributed by atoms with E-state index in [4.69, 9.17) is 10.5 Å². The van der Waals surface area contributed by atoms with Gasteiger partial charge in [0, 0.05) is 25.2 Å². The number of fused-ring (bicyclic) bond motifs is 1. The zero-order valence-corrected chi connectivity index (χ0v) is 17.8. The van der Waals surface area contributed by atoms with E-state index in [0.717, 1.165) is 6.07 Å². The lowest BCUT2D eigenvalue weighted by Crippen LogP contribution is -2.52. The number of rotatable bonds is 5. The number of methoxy groups -OCH3 is 1. The molecule has 1 saturated heterocycles. The molecule has 0 radical (unpaired) electrons. The van der Waals surface area contributed by atoms with Crippen LogP contribution < -0.4 is 26.6 Å². The molecular formula is C20H21F7N4O3. The van der Waals surface area contributed by atoms with E-state index in [0.29, 0.717) is 12.8 Å². The largest absolute Gasteiger partial charge is 0.492 e. The van der Waals surface area contributed by atoms with Crippen LogP contribution in [0.2, 0.25) is 0 Å². The number of benzene rings is 1. The van der Waals surface area contributed by atoms with Crippen molar-refractivity contribution in [3.63, 3.8) is 0 Å². The first kappa shape index (κ1) is 24.4. The molecule has 0 amide bonds. The summed E-state index contributed by atoms with van der Waals surface area (Å²) in [5.41, 5.74) is 3.66. The van der Waals surface area contributed by atoms with Gasteiger partial charge in [0.05, 0.1) is 12.5 Å². The number of ether oxygens (including phenoxy) is 1. The predicted molar refractivity (Wildman–Crippen MR) is 108 cm³/mol. The number of anilines is 1. The SMILES string of the molecule is COc1c(N2CCC(C(N)C(C(F)(F)F)C(F)(F)F)C2)c(F)cc2c(=O)[nH]c(=O)n(C3CC3)c12. The number of hydrogen-bond donors (Lipinski definition) is 2. The monoisotopic (exact) mass is 498 g/mol. The molecule has 1 aliphatic carbocycles. The molecule has 1 aliphatic heterocycles. The van der Waals surface area contributed by atoms with Gasteiger partial charge in [-0.1, -0.05) is 0 Å². The molecule has 4 rings (SSSR count). The highest BCUT2D eigenvalue weighted by Gasteiger charge is 2.61. The molecule has 2 aromatic rings. The average molecular weight is 498 g/mol. The molecule has 34 heavy (non-hydrogen) atoms. The zero-order chi connectivity index (χ0) is 25.2. The standard InChI is InChI=1S/C20H21F7N4O3/c1-34-15-13-10(17(32)29-18(33)31(13)9-2-3-9)6-11(21)14(15)30-5-4-8(7-30)12(28)16(19(22,23)24)20(25,26)27/h6,8-9,12,16H,2-5,7,28H2,1H3,(H,29,32,33). The van der Waals surface area contributed by atoms with Crippen LogP contribution in [-0.4, -0.2) is 48.1 Å². The second-order valence-corrected chi connectivity index (χ2v) is 8.63. The summed E-state index contributed by atoms with van der Waals surface area (Å²) >= 11 is 0. The van der Waals surface area contributed by atoms with Gasteiger partial charge in [-0.3, -0.25) is 14.3 Å². The molecule has 2 atom stereocenters. The first-order chi connectivity index (χ1) is 15.8. The van der Waals surface area contributed by atoms with Crippen LogP contribution in [0.1, 0.15) is 25.3 Å². The number of nitrogens with two attached hydrogens (primary N) is 1. The normalized spacial score (nSPS) is 20.4. The summed E-state index contributed by atoms with van der Waals surface area (Å²) in [4.78, 5) is 28.1. The zero-order valence-electron chi connectivity index (χ0n) is 17.8. The van der Waals surface area contributed by atoms with E-state index in [2.05, 4.69) is 4.98 Å². The Morgan fingerprint density at radius 1 is 1.12 bits per heavy atom. The fourth-order valence-electron chi connectivity index (χ4n) is 4.71. The van der Waals surface area contributed by atoms with Gasteiger partial charge in [0.1, 0.15) is 11.2 Å². The third kappa shape index (κ3) is 4.12. The number of halogens is 7. The highest BCUT2D eigenvalue weighted by Crippen LogP contribution is 2.46. The van der Waals surface area contributed by atoms with Crippen molar-refractivity contribution < 1.29 is 35.5 Å². The Morgan fingerprint density at radius 2 is 1.74 bits per heavy atom. The second kappa shape index (κ2) is 8.17. The van der Waals surface area contributed by atoms with E-state index < -0.39 is 53.8 Å². The lowest BCUT2D eigenvalue weighted by atomic mass is 9.87. The van der Waals surface area contributed by atoms with E-state index in [1.807, 2.05) is 0 Å². The Bertz CT molecular complexity index is 1200. The van der Waals surface area contributed by atoms with Crippen LogP contribution in [-0.2, 0) is 0 Å². The number of aromatic nitrogens is 2. The van der Waals surface area contributed by atoms with Crippen molar-refractivity contribution in [1.29, 1.82) is 0 Å². The van der Waals surface area contributed by atoms with Gasteiger partial charge >= 0.3 is 18.0 Å². The summed E-state index contributed by atoms with van der Waals surface area (Å²) in [6, 6.07) is -1.67. The fraction of sp³-hybridized carbons (Fsp3) is 0.600. The molecule has 14 heteroatoms. The molecule has 1 aromatic heterocycles. The minimum absolute atomic E-state index is 0.0198. The molecular weight excluding hydrogens is 477 g/mol. The average Bonchev–Trinajstić information content (AvgIpc) is 3.40. The number of hydrogen-bond acceptors (Lipinski definition) is 5. The summed E-state index contributed by atoms with van der Waals surface area (Å²) in [5.74, 6) is -6.14. The van der Waals surface area contributed by atoms with Gasteiger partial charge in [-0.05, 0) is 31.2 Å². The van der Waals surface area contributed by atoms with Gasteiger partial charge < -0.3 is 15.4 Å². The van der Waals surface area contributed by atoms with Crippen molar-refractivity contribution >= 4 is 16.6 Å². The Hall–Kier alpha value is -2.77. The molecule has 3 N–H and O–H groups in total. The van der Waals surface area contributed by atoms with Gasteiger partial charge in [0.25, 0.3) is 5.56 Å². The highest BCUT2D eigenvalue weighted by atomic mass is 19.4. The van der Waals surface area contributed by atoms with Crippen LogP contribution >= 0.6 is 0 Å². The van der Waals surface area contributed by atoms with Gasteiger partial charge in [0.2, 0.25) is 0 Å². The van der Waals surface area contributed by atoms with Crippen molar-refractivity contribution in [3.05, 3.63) is 32.7 Å². The number of aromatic amines is 1. The van der Waals surface area contributed by atoms with Gasteiger partial charge in [-0.25, -0.2) is 9.18 Å². The van der Waals surface area contributed by atoms with Gasteiger partial charge in [-0.2, -0.15) is 26.3 Å². The molecule has 2 unspecified atom stereocenters. The lowest BCUT2D eigenvalue weighted by molar-refractivity contribution is -0.292. The topological polar surface area (TPSA) is 93.3 Å². The molecule has 7 nitrogen and oxygen atoms in total. The number of alkyl halides is 6. The summed E-state index contributed by atoms with van der Waals surface area (Å²) < 4.78 is 101. The highest BCUT2D eigenvalue weighted by molar-refractivity contribution is 5.91. The third-order valence-corrected chi connectivity index (χ3v) is 6.40. The van der Waals surface area contributed by atoms with Crippen molar-refractivity contribution in [1.82, 2.24) is 9.55 Å². The van der Waals surface area contributed by atoms with Crippen LogP contribution in [0.3, 0.4) is 0 Å². The van der Waals surface area contributed by atoms with Crippen LogP contribution in [0, 0.1) is 17.7 Å². The molecule has 2 heterocycles. The van der Waals surface area contributed by atoms with Crippen molar-refractivity contribution in [2.24, 2.45) is 17.6 Å². The van der Waals surface area contributed by atoms with Crippen molar-refractivity contribution in [3.8, 4) is 5.75 Å². The van der Waals surface area contributed by atoms with E-state index >= 15 is 4.39 Å². The minimum atomic E-state index is -5.60. The molecule has 0 spiro atoms. The summed E-state index contributed by atoms with van der Waals surface area (Å²) in [6.07, 6.45) is -10.1. The lowest BCUT2D eigenvalue weighted by Gasteiger charge is -2.32. The smallest absolute Gasteiger partial charge is 0.402 e. The van der Waals surface area contributed by atoms with E-state index in [1.54, 1.807) is 0 Å². The number of nitrogens with zero attached hydrogens (tertiary/aromatic N) is 2. The molecule has 0 bridgehead atoms. The number of H-pyrrole nitrogens is 1. The second-order valence-electron chi connectivity index (χ2n) is 8.63. The maximum atomic E-state index is 15.2. The first-order valence-electron chi connectivity index (χ1n) is 10.4. The Balaban J connectivity index is 1.77. The third-order valence-electron chi connectivity index (χ3n) is 6.40. The Labute approximate surface area is 187 Å². The van der Waals surface area contributed by atoms with Crippen LogP contribution in [0.5, 0.6) is 5.75 Å². The minimum Gasteiger partial charge on any atom is -0.492 e. The first-order valence-corrected chi connectivity index (χ1v) is 10.4. The quantitative estimate of drug-likeness (QED) is 0.619. The Morgan fingerprint density at radius 3 is 2.26 bits per heavy atom. The maximum absolute atomic E-state index is 15.2. The van der Waals surface area contributed by atoms with Gasteiger partial charge in [0.15, 0.2) is 17.5 Å². The molecule has 188 valence electrons. The number of nitrogens with one attached hydrogen (secondary N) is 1. The van der Waals surface area contributed by atoms with Crippen LogP contribution in [0.25, 0.3) is 10.9 Å². The van der Waals surface area contributed by atoms with Crippen molar-refractivity contribution in [2.75, 3.05) is 25.1 Å². The molecule has 2 aliphatic rings. The van der Waals surface area contributed by atoms with E-state index in [9.17, 15) is 35.9 Å². The van der Waals surface area contributed by atoms with Crippen LogP contribution in [0.4, 0.5) is 36.4 Å². The molecule has 2 fully saturated rings. The van der Waals surface area contributed by atoms with E-state index in [1.165, 1.54) is 16.6 Å². The fourth-order valence-corrected chi connectivity index (χ4v) is 4.71. The van der Waals surface area contributed by atoms with Gasteiger partial charge in [-0.15, -0.1) is 0 Å². The Kier molecular flexibility index (Phi) is 5.85. The summed E-state index contributed by atoms with van der Waals surface area (Å²) in [5, 5.41) is -0.161. The van der Waals surface area contributed by atoms with Crippen molar-refractivity contribution in [2.45, 2.75) is 43.7 Å². The summed E-state index contributed by atoms with van der Waals surface area (Å²) in [6.45, 7) is -0.504. The predicted octanol–water partition coefficient (Wildman–Crippen LogP) is 3.07. The molecule has 1 aromatic carbocycles. The summed E-state index contributed by atoms with van der Waals surface area (Å²) in [7, 11) is 1.17. The maximum Gasteiger partial charge on any atom is 0.402 e. The van der Waals surface area contributed by atoms with E-state index in [-0.39, 0.29) is 41.3 Å².